The highest BCUT2D eigenvalue weighted by Gasteiger charge is 2.50. The van der Waals surface area contributed by atoms with Crippen LogP contribution in [-0.2, 0) is 9.53 Å². The van der Waals surface area contributed by atoms with E-state index in [-0.39, 0.29) is 24.0 Å². The molecule has 0 aromatic heterocycles. The van der Waals surface area contributed by atoms with Crippen LogP contribution in [0.15, 0.2) is 72.8 Å². The van der Waals surface area contributed by atoms with Gasteiger partial charge in [0.25, 0.3) is 0 Å². The number of fused-ring (bicyclic) bond motifs is 3. The maximum Gasteiger partial charge on any atom is 0.315 e. The number of esters is 1. The van der Waals surface area contributed by atoms with Crippen LogP contribution in [0.2, 0.25) is 0 Å². The zero-order valence-corrected chi connectivity index (χ0v) is 19.8. The Morgan fingerprint density at radius 3 is 2.06 bits per heavy atom. The van der Waals surface area contributed by atoms with Gasteiger partial charge in [-0.3, -0.25) is 9.59 Å². The molecule has 3 aliphatic heterocycles. The Bertz CT molecular complexity index is 1220. The van der Waals surface area contributed by atoms with Crippen molar-refractivity contribution in [1.29, 1.82) is 0 Å². The summed E-state index contributed by atoms with van der Waals surface area (Å²) in [6, 6.07) is 17.8. The number of phenolic OH excluding ortho intramolecular Hbond substituents is 1. The van der Waals surface area contributed by atoms with E-state index in [0.29, 0.717) is 27.7 Å². The highest BCUT2D eigenvalue weighted by atomic mass is 19.1. The van der Waals surface area contributed by atoms with Gasteiger partial charge >= 0.3 is 5.97 Å². The van der Waals surface area contributed by atoms with Gasteiger partial charge in [-0.2, -0.15) is 0 Å². The first-order valence-corrected chi connectivity index (χ1v) is 12.2. The van der Waals surface area contributed by atoms with Crippen molar-refractivity contribution in [2.75, 3.05) is 26.2 Å². The molecule has 186 valence electrons. The number of carbonyl (C=O) groups is 2. The molecule has 3 aliphatic rings. The Kier molecular flexibility index (Phi) is 6.58. The lowest BCUT2D eigenvalue weighted by Crippen LogP contribution is -2.64. The highest BCUT2D eigenvalue weighted by Crippen LogP contribution is 2.40. The number of aromatic hydroxyl groups is 1. The molecular formula is C29H28F2NO4+. The quantitative estimate of drug-likeness (QED) is 0.285. The summed E-state index contributed by atoms with van der Waals surface area (Å²) in [6.45, 7) is 2.40. The lowest BCUT2D eigenvalue weighted by atomic mass is 9.76. The van der Waals surface area contributed by atoms with E-state index in [1.807, 2.05) is 0 Å². The lowest BCUT2D eigenvalue weighted by Gasteiger charge is -2.51. The largest absolute Gasteiger partial charge is 0.508 e. The second kappa shape index (κ2) is 9.82. The third-order valence-electron chi connectivity index (χ3n) is 7.61. The molecule has 0 saturated carbocycles. The van der Waals surface area contributed by atoms with E-state index in [4.69, 9.17) is 4.74 Å². The van der Waals surface area contributed by atoms with Gasteiger partial charge in [0.05, 0.1) is 19.6 Å². The molecule has 6 rings (SSSR count). The number of hydrogen-bond donors (Lipinski definition) is 1. The normalized spacial score (nSPS) is 23.0. The molecule has 1 atom stereocenters. The number of carbonyl (C=O) groups excluding carboxylic acids is 2. The summed E-state index contributed by atoms with van der Waals surface area (Å²) in [7, 11) is 0. The number of piperidine rings is 3. The predicted molar refractivity (Wildman–Crippen MR) is 129 cm³/mol. The number of benzene rings is 3. The predicted octanol–water partition coefficient (Wildman–Crippen LogP) is 5.04. The van der Waals surface area contributed by atoms with Gasteiger partial charge in [0, 0.05) is 18.4 Å². The monoisotopic (exact) mass is 492 g/mol. The molecule has 3 saturated heterocycles. The summed E-state index contributed by atoms with van der Waals surface area (Å²) in [4.78, 5) is 26.5. The fraction of sp³-hybridized carbons (Fsp3) is 0.310. The van der Waals surface area contributed by atoms with Gasteiger partial charge < -0.3 is 14.3 Å². The minimum absolute atomic E-state index is 0.0279. The fourth-order valence-corrected chi connectivity index (χ4v) is 5.69. The van der Waals surface area contributed by atoms with Gasteiger partial charge in [-0.05, 0) is 65.6 Å². The Morgan fingerprint density at radius 1 is 0.917 bits per heavy atom. The number of halogens is 2. The van der Waals surface area contributed by atoms with Gasteiger partial charge in [-0.15, -0.1) is 0 Å². The molecular weight excluding hydrogens is 464 g/mol. The van der Waals surface area contributed by atoms with Gasteiger partial charge in [0.2, 0.25) is 5.78 Å². The SMILES string of the molecule is O=C(C[N+]12CCC(CC1)C(C(=O)OC(c1cccc(F)c1)c1cccc(F)c1)C2)c1ccc(O)cc1. The van der Waals surface area contributed by atoms with Crippen molar-refractivity contribution in [2.24, 2.45) is 11.8 Å². The Hall–Kier alpha value is -3.58. The molecule has 1 N–H and O–H groups in total. The number of nitrogens with zero attached hydrogens (tertiary/aromatic N) is 1. The molecule has 3 aromatic carbocycles. The van der Waals surface area contributed by atoms with Crippen LogP contribution in [0.4, 0.5) is 8.78 Å². The molecule has 2 bridgehead atoms. The Labute approximate surface area is 208 Å². The topological polar surface area (TPSA) is 63.6 Å². The summed E-state index contributed by atoms with van der Waals surface area (Å²) in [6.07, 6.45) is 0.687. The average Bonchev–Trinajstić information content (AvgIpc) is 2.88. The molecule has 5 nitrogen and oxygen atoms in total. The Morgan fingerprint density at radius 2 is 1.50 bits per heavy atom. The van der Waals surface area contributed by atoms with E-state index in [2.05, 4.69) is 0 Å². The molecule has 0 amide bonds. The molecule has 1 unspecified atom stereocenters. The van der Waals surface area contributed by atoms with Crippen LogP contribution in [0, 0.1) is 23.5 Å². The second-order valence-corrected chi connectivity index (χ2v) is 9.97. The lowest BCUT2D eigenvalue weighted by molar-refractivity contribution is -0.938. The van der Waals surface area contributed by atoms with Crippen molar-refractivity contribution in [3.8, 4) is 5.75 Å². The van der Waals surface area contributed by atoms with Crippen molar-refractivity contribution in [2.45, 2.75) is 18.9 Å². The summed E-state index contributed by atoms with van der Waals surface area (Å²) < 4.78 is 34.5. The van der Waals surface area contributed by atoms with Crippen molar-refractivity contribution in [3.63, 3.8) is 0 Å². The van der Waals surface area contributed by atoms with Gasteiger partial charge in [-0.1, -0.05) is 24.3 Å². The standard InChI is InChI=1S/C29H27F2NO4/c30-23-5-1-3-21(15-23)28(22-4-2-6-24(31)16-22)36-29(35)26-17-32(13-11-19(26)12-14-32)18-27(34)20-7-9-25(33)10-8-20/h1-10,15-16,19,26,28H,11-14,17-18H2/p+1. The van der Waals surface area contributed by atoms with E-state index in [9.17, 15) is 23.5 Å². The van der Waals surface area contributed by atoms with Crippen molar-refractivity contribution in [3.05, 3.63) is 101 Å². The van der Waals surface area contributed by atoms with E-state index in [1.165, 1.54) is 48.5 Å². The molecule has 36 heavy (non-hydrogen) atoms. The first-order chi connectivity index (χ1) is 17.3. The first-order valence-electron chi connectivity index (χ1n) is 12.2. The van der Waals surface area contributed by atoms with Crippen LogP contribution in [0.3, 0.4) is 0 Å². The van der Waals surface area contributed by atoms with E-state index >= 15 is 0 Å². The van der Waals surface area contributed by atoms with E-state index in [0.717, 1.165) is 25.9 Å². The molecule has 7 heteroatoms. The maximum atomic E-state index is 14.0. The highest BCUT2D eigenvalue weighted by molar-refractivity contribution is 5.97. The molecule has 0 spiro atoms. The summed E-state index contributed by atoms with van der Waals surface area (Å²) in [5, 5.41) is 9.52. The van der Waals surface area contributed by atoms with Crippen molar-refractivity contribution in [1.82, 2.24) is 0 Å². The van der Waals surface area contributed by atoms with Crippen molar-refractivity contribution < 1.29 is 32.7 Å². The summed E-state index contributed by atoms with van der Waals surface area (Å²) >= 11 is 0. The maximum absolute atomic E-state index is 14.0. The number of hydrogen-bond acceptors (Lipinski definition) is 4. The second-order valence-electron chi connectivity index (χ2n) is 9.97. The van der Waals surface area contributed by atoms with Crippen LogP contribution in [0.5, 0.6) is 5.75 Å². The number of ketones is 1. The number of rotatable bonds is 7. The van der Waals surface area contributed by atoms with Crippen LogP contribution in [0.1, 0.15) is 40.4 Å². The van der Waals surface area contributed by atoms with E-state index in [1.54, 1.807) is 24.3 Å². The zero-order valence-electron chi connectivity index (χ0n) is 19.8. The first kappa shape index (κ1) is 24.1. The average molecular weight is 493 g/mol. The third kappa shape index (κ3) is 5.02. The third-order valence-corrected chi connectivity index (χ3v) is 7.61. The summed E-state index contributed by atoms with van der Waals surface area (Å²) in [5.74, 6) is -1.51. The van der Waals surface area contributed by atoms with Crippen LogP contribution >= 0.6 is 0 Å². The van der Waals surface area contributed by atoms with Crippen LogP contribution < -0.4 is 0 Å². The van der Waals surface area contributed by atoms with Crippen LogP contribution in [0.25, 0.3) is 0 Å². The molecule has 3 fully saturated rings. The zero-order chi connectivity index (χ0) is 25.3. The smallest absolute Gasteiger partial charge is 0.315 e. The molecule has 3 heterocycles. The van der Waals surface area contributed by atoms with Crippen molar-refractivity contribution >= 4 is 11.8 Å². The number of quaternary nitrogens is 1. The minimum atomic E-state index is -0.938. The Balaban J connectivity index is 1.36. The van der Waals surface area contributed by atoms with Gasteiger partial charge in [-0.25, -0.2) is 8.78 Å². The molecule has 0 aliphatic carbocycles. The van der Waals surface area contributed by atoms with Gasteiger partial charge in [0.1, 0.15) is 29.8 Å². The fourth-order valence-electron chi connectivity index (χ4n) is 5.69. The number of ether oxygens (including phenoxy) is 1. The number of phenols is 1. The minimum Gasteiger partial charge on any atom is -0.508 e. The molecule has 0 radical (unpaired) electrons. The number of Topliss-reactive ketones (excluding diaryl/α,β-unsaturated/α-hetero) is 1. The van der Waals surface area contributed by atoms with Crippen LogP contribution in [-0.4, -0.2) is 47.5 Å². The van der Waals surface area contributed by atoms with Gasteiger partial charge in [0.15, 0.2) is 6.10 Å². The van der Waals surface area contributed by atoms with E-state index < -0.39 is 29.6 Å². The summed E-state index contributed by atoms with van der Waals surface area (Å²) in [5.41, 5.74) is 1.40. The molecule has 3 aromatic rings.